The SMILES string of the molecule is CCN(C(=N)C(C)C)C1CCCCC1. The Kier molecular flexibility index (Phi) is 4.43. The Balaban J connectivity index is 2.55. The van der Waals surface area contributed by atoms with Crippen LogP contribution in [0.3, 0.4) is 0 Å². The van der Waals surface area contributed by atoms with Gasteiger partial charge in [-0.3, -0.25) is 5.41 Å². The maximum atomic E-state index is 8.06. The largest absolute Gasteiger partial charge is 0.358 e. The van der Waals surface area contributed by atoms with Gasteiger partial charge in [0.25, 0.3) is 0 Å². The predicted molar refractivity (Wildman–Crippen MR) is 61.8 cm³/mol. The zero-order valence-electron chi connectivity index (χ0n) is 9.84. The van der Waals surface area contributed by atoms with Crippen LogP contribution in [0, 0.1) is 11.3 Å². The van der Waals surface area contributed by atoms with Crippen molar-refractivity contribution in [2.24, 2.45) is 5.92 Å². The van der Waals surface area contributed by atoms with Crippen LogP contribution in [0.5, 0.6) is 0 Å². The van der Waals surface area contributed by atoms with E-state index in [4.69, 9.17) is 5.41 Å². The molecule has 1 N–H and O–H groups in total. The number of nitrogens with zero attached hydrogens (tertiary/aromatic N) is 1. The summed E-state index contributed by atoms with van der Waals surface area (Å²) in [6.07, 6.45) is 6.69. The van der Waals surface area contributed by atoms with E-state index >= 15 is 0 Å². The number of amidine groups is 1. The standard InChI is InChI=1S/C12H24N2/c1-4-14(12(13)10(2)3)11-8-6-5-7-9-11/h10-11,13H,4-9H2,1-3H3. The Morgan fingerprint density at radius 1 is 1.29 bits per heavy atom. The van der Waals surface area contributed by atoms with Crippen molar-refractivity contribution in [1.82, 2.24) is 4.90 Å². The van der Waals surface area contributed by atoms with Gasteiger partial charge in [0.05, 0.1) is 5.84 Å². The first-order chi connectivity index (χ1) is 6.66. The Labute approximate surface area is 88.2 Å². The Morgan fingerprint density at radius 3 is 2.29 bits per heavy atom. The van der Waals surface area contributed by atoms with Crippen LogP contribution in [0.1, 0.15) is 52.9 Å². The first-order valence-electron chi connectivity index (χ1n) is 6.02. The monoisotopic (exact) mass is 196 g/mol. The summed E-state index contributed by atoms with van der Waals surface area (Å²) in [5.74, 6) is 1.20. The lowest BCUT2D eigenvalue weighted by molar-refractivity contribution is 0.243. The van der Waals surface area contributed by atoms with Crippen LogP contribution < -0.4 is 0 Å². The summed E-state index contributed by atoms with van der Waals surface area (Å²) in [5.41, 5.74) is 0. The molecule has 0 saturated heterocycles. The minimum absolute atomic E-state index is 0.372. The van der Waals surface area contributed by atoms with Gasteiger partial charge in [0.1, 0.15) is 0 Å². The molecule has 0 aromatic rings. The van der Waals surface area contributed by atoms with Crippen molar-refractivity contribution < 1.29 is 0 Å². The minimum atomic E-state index is 0.372. The second-order valence-electron chi connectivity index (χ2n) is 4.62. The van der Waals surface area contributed by atoms with Crippen molar-refractivity contribution in [3.8, 4) is 0 Å². The fourth-order valence-electron chi connectivity index (χ4n) is 2.35. The Hall–Kier alpha value is -0.530. The van der Waals surface area contributed by atoms with E-state index in [9.17, 15) is 0 Å². The first-order valence-corrected chi connectivity index (χ1v) is 6.02. The van der Waals surface area contributed by atoms with Gasteiger partial charge in [-0.25, -0.2) is 0 Å². The molecule has 0 heterocycles. The maximum Gasteiger partial charge on any atom is 0.0986 e. The van der Waals surface area contributed by atoms with E-state index in [1.165, 1.54) is 32.1 Å². The first kappa shape index (κ1) is 11.5. The molecule has 0 bridgehead atoms. The second kappa shape index (κ2) is 5.38. The van der Waals surface area contributed by atoms with E-state index in [1.54, 1.807) is 0 Å². The molecule has 0 aliphatic heterocycles. The molecule has 1 aliphatic carbocycles. The lowest BCUT2D eigenvalue weighted by atomic mass is 9.93. The number of hydrogen-bond acceptors (Lipinski definition) is 1. The van der Waals surface area contributed by atoms with E-state index in [1.807, 2.05) is 0 Å². The minimum Gasteiger partial charge on any atom is -0.358 e. The summed E-state index contributed by atoms with van der Waals surface area (Å²) < 4.78 is 0. The third kappa shape index (κ3) is 2.73. The van der Waals surface area contributed by atoms with Crippen molar-refractivity contribution in [3.05, 3.63) is 0 Å². The molecule has 0 aromatic carbocycles. The van der Waals surface area contributed by atoms with Crippen molar-refractivity contribution in [1.29, 1.82) is 5.41 Å². The van der Waals surface area contributed by atoms with E-state index in [2.05, 4.69) is 25.7 Å². The second-order valence-corrected chi connectivity index (χ2v) is 4.62. The van der Waals surface area contributed by atoms with E-state index < -0.39 is 0 Å². The number of nitrogens with one attached hydrogen (secondary N) is 1. The normalized spacial score (nSPS) is 18.6. The van der Waals surface area contributed by atoms with Gasteiger partial charge in [-0.1, -0.05) is 33.1 Å². The van der Waals surface area contributed by atoms with Crippen LogP contribution in [-0.4, -0.2) is 23.3 Å². The molecule has 0 amide bonds. The highest BCUT2D eigenvalue weighted by atomic mass is 15.2. The van der Waals surface area contributed by atoms with Crippen molar-refractivity contribution >= 4 is 5.84 Å². The van der Waals surface area contributed by atoms with Crippen molar-refractivity contribution in [2.75, 3.05) is 6.54 Å². The topological polar surface area (TPSA) is 27.1 Å². The van der Waals surface area contributed by atoms with Crippen LogP contribution in [0.4, 0.5) is 0 Å². The lowest BCUT2D eigenvalue weighted by Crippen LogP contribution is -2.42. The van der Waals surface area contributed by atoms with Gasteiger partial charge in [0.2, 0.25) is 0 Å². The molecule has 2 heteroatoms. The molecule has 1 saturated carbocycles. The predicted octanol–water partition coefficient (Wildman–Crippen LogP) is 3.27. The summed E-state index contributed by atoms with van der Waals surface area (Å²) in [4.78, 5) is 2.31. The summed E-state index contributed by atoms with van der Waals surface area (Å²) >= 11 is 0. The van der Waals surface area contributed by atoms with E-state index in [-0.39, 0.29) is 0 Å². The fraction of sp³-hybridized carbons (Fsp3) is 0.917. The van der Waals surface area contributed by atoms with E-state index in [0.717, 1.165) is 12.4 Å². The molecular weight excluding hydrogens is 172 g/mol. The Morgan fingerprint density at radius 2 is 1.86 bits per heavy atom. The highest BCUT2D eigenvalue weighted by Gasteiger charge is 2.22. The van der Waals surface area contributed by atoms with Gasteiger partial charge < -0.3 is 4.90 Å². The third-order valence-electron chi connectivity index (χ3n) is 3.21. The van der Waals surface area contributed by atoms with Gasteiger partial charge in [-0.2, -0.15) is 0 Å². The summed E-state index contributed by atoms with van der Waals surface area (Å²) in [5, 5.41) is 8.06. The van der Waals surface area contributed by atoms with Gasteiger partial charge in [0, 0.05) is 18.5 Å². The Bertz CT molecular complexity index is 181. The van der Waals surface area contributed by atoms with E-state index in [0.29, 0.717) is 12.0 Å². The van der Waals surface area contributed by atoms with Crippen LogP contribution >= 0.6 is 0 Å². The zero-order valence-corrected chi connectivity index (χ0v) is 9.84. The lowest BCUT2D eigenvalue weighted by Gasteiger charge is -2.36. The highest BCUT2D eigenvalue weighted by Crippen LogP contribution is 2.23. The van der Waals surface area contributed by atoms with Crippen LogP contribution in [0.15, 0.2) is 0 Å². The molecule has 0 aromatic heterocycles. The van der Waals surface area contributed by atoms with Gasteiger partial charge in [-0.05, 0) is 19.8 Å². The van der Waals surface area contributed by atoms with Crippen LogP contribution in [0.25, 0.3) is 0 Å². The molecule has 82 valence electrons. The molecule has 2 nitrogen and oxygen atoms in total. The zero-order chi connectivity index (χ0) is 10.6. The van der Waals surface area contributed by atoms with Crippen LogP contribution in [0.2, 0.25) is 0 Å². The molecule has 0 unspecified atom stereocenters. The van der Waals surface area contributed by atoms with Crippen LogP contribution in [-0.2, 0) is 0 Å². The molecule has 1 aliphatic rings. The van der Waals surface area contributed by atoms with Gasteiger partial charge in [-0.15, -0.1) is 0 Å². The number of rotatable bonds is 3. The summed E-state index contributed by atoms with van der Waals surface area (Å²) in [6, 6.07) is 0.656. The molecule has 0 radical (unpaired) electrons. The summed E-state index contributed by atoms with van der Waals surface area (Å²) in [7, 11) is 0. The molecule has 0 atom stereocenters. The van der Waals surface area contributed by atoms with Crippen molar-refractivity contribution in [2.45, 2.75) is 58.9 Å². The quantitative estimate of drug-likeness (QED) is 0.544. The average molecular weight is 196 g/mol. The molecule has 14 heavy (non-hydrogen) atoms. The number of hydrogen-bond donors (Lipinski definition) is 1. The van der Waals surface area contributed by atoms with Crippen molar-refractivity contribution in [3.63, 3.8) is 0 Å². The fourth-order valence-corrected chi connectivity index (χ4v) is 2.35. The smallest absolute Gasteiger partial charge is 0.0986 e. The molecular formula is C12H24N2. The average Bonchev–Trinajstić information content (AvgIpc) is 2.20. The molecule has 1 fully saturated rings. The molecule has 0 spiro atoms. The van der Waals surface area contributed by atoms with Gasteiger partial charge in [0.15, 0.2) is 0 Å². The highest BCUT2D eigenvalue weighted by molar-refractivity contribution is 5.81. The van der Waals surface area contributed by atoms with Gasteiger partial charge >= 0.3 is 0 Å². The third-order valence-corrected chi connectivity index (χ3v) is 3.21. The summed E-state index contributed by atoms with van der Waals surface area (Å²) in [6.45, 7) is 7.41. The molecule has 1 rings (SSSR count). The maximum absolute atomic E-state index is 8.06.